The second-order valence-electron chi connectivity index (χ2n) is 7.71. The number of hydrogen-bond donors (Lipinski definition) is 1. The van der Waals surface area contributed by atoms with Crippen molar-refractivity contribution in [1.82, 2.24) is 10.1 Å². The monoisotopic (exact) mass is 522 g/mol. The third-order valence-corrected chi connectivity index (χ3v) is 7.20. The van der Waals surface area contributed by atoms with Gasteiger partial charge in [-0.15, -0.1) is 0 Å². The van der Waals surface area contributed by atoms with Crippen LogP contribution in [0.25, 0.3) is 11.4 Å². The highest BCUT2D eigenvalue weighted by atomic mass is 35.5. The van der Waals surface area contributed by atoms with Crippen LogP contribution in [0.3, 0.4) is 0 Å². The van der Waals surface area contributed by atoms with Gasteiger partial charge in [0, 0.05) is 24.2 Å². The lowest BCUT2D eigenvalue weighted by Gasteiger charge is -2.26. The zero-order valence-electron chi connectivity index (χ0n) is 17.1. The molecule has 2 aromatic carbocycles. The Balaban J connectivity index is 1.81. The maximum Gasteiger partial charge on any atom is 0.428 e. The molecule has 0 spiro atoms. The zero-order valence-corrected chi connectivity index (χ0v) is 18.6. The van der Waals surface area contributed by atoms with E-state index in [4.69, 9.17) is 17.3 Å². The fourth-order valence-corrected chi connectivity index (χ4v) is 5.33. The van der Waals surface area contributed by atoms with Crippen molar-refractivity contribution in [2.75, 3.05) is 17.2 Å². The SMILES string of the molecule is N[C@@H]1CN(Cc2ccc(Cl)cc2)c2cc(-c3noc(C(F)C(F)(F)F)n3)c(F)cc2S(=O)(=O)C1. The molecule has 7 nitrogen and oxygen atoms in total. The number of benzene rings is 2. The third kappa shape index (κ3) is 4.86. The van der Waals surface area contributed by atoms with Crippen LogP contribution in [0.2, 0.25) is 5.02 Å². The van der Waals surface area contributed by atoms with Crippen LogP contribution in [0.15, 0.2) is 45.8 Å². The molecule has 0 fully saturated rings. The van der Waals surface area contributed by atoms with Gasteiger partial charge in [0.05, 0.1) is 21.9 Å². The molecular weight excluding hydrogens is 507 g/mol. The van der Waals surface area contributed by atoms with Gasteiger partial charge in [-0.2, -0.15) is 18.2 Å². The Morgan fingerprint density at radius 1 is 1.24 bits per heavy atom. The van der Waals surface area contributed by atoms with Crippen molar-refractivity contribution in [3.05, 3.63) is 58.7 Å². The molecule has 182 valence electrons. The van der Waals surface area contributed by atoms with Gasteiger partial charge in [0.25, 0.3) is 12.1 Å². The number of fused-ring (bicyclic) bond motifs is 1. The van der Waals surface area contributed by atoms with Crippen LogP contribution in [0.4, 0.5) is 27.6 Å². The number of rotatable bonds is 4. The lowest BCUT2D eigenvalue weighted by atomic mass is 10.1. The van der Waals surface area contributed by atoms with Gasteiger partial charge in [-0.1, -0.05) is 28.9 Å². The predicted molar refractivity (Wildman–Crippen MR) is 112 cm³/mol. The summed E-state index contributed by atoms with van der Waals surface area (Å²) >= 11 is 5.91. The number of sulfone groups is 1. The van der Waals surface area contributed by atoms with Gasteiger partial charge in [-0.3, -0.25) is 0 Å². The Morgan fingerprint density at radius 2 is 1.91 bits per heavy atom. The van der Waals surface area contributed by atoms with E-state index in [1.165, 1.54) is 0 Å². The van der Waals surface area contributed by atoms with E-state index in [9.17, 15) is 30.4 Å². The lowest BCUT2D eigenvalue weighted by Crippen LogP contribution is -2.39. The van der Waals surface area contributed by atoms with Crippen molar-refractivity contribution in [2.45, 2.75) is 29.8 Å². The van der Waals surface area contributed by atoms with Crippen molar-refractivity contribution < 1.29 is 34.9 Å². The van der Waals surface area contributed by atoms with E-state index in [2.05, 4.69) is 14.7 Å². The molecule has 1 aliphatic rings. The molecular formula is C20H16ClF5N4O3S. The molecule has 3 aromatic rings. The molecule has 2 atom stereocenters. The van der Waals surface area contributed by atoms with Crippen LogP contribution < -0.4 is 10.6 Å². The van der Waals surface area contributed by atoms with Gasteiger partial charge < -0.3 is 15.2 Å². The van der Waals surface area contributed by atoms with Gasteiger partial charge in [0.15, 0.2) is 9.84 Å². The van der Waals surface area contributed by atoms with E-state index in [-0.39, 0.29) is 23.7 Å². The average Bonchev–Trinajstić information content (AvgIpc) is 3.19. The summed E-state index contributed by atoms with van der Waals surface area (Å²) in [6.07, 6.45) is -8.85. The number of aromatic nitrogens is 2. The highest BCUT2D eigenvalue weighted by Crippen LogP contribution is 2.38. The van der Waals surface area contributed by atoms with Crippen molar-refractivity contribution in [3.8, 4) is 11.4 Å². The fourth-order valence-electron chi connectivity index (χ4n) is 3.56. The molecule has 0 radical (unpaired) electrons. The van der Waals surface area contributed by atoms with Crippen LogP contribution in [0.1, 0.15) is 17.6 Å². The summed E-state index contributed by atoms with van der Waals surface area (Å²) in [7, 11) is -4.01. The molecule has 0 saturated heterocycles. The van der Waals surface area contributed by atoms with Crippen molar-refractivity contribution >= 4 is 27.1 Å². The molecule has 0 bridgehead atoms. The van der Waals surface area contributed by atoms with Gasteiger partial charge in [0.1, 0.15) is 5.82 Å². The first-order valence-corrected chi connectivity index (χ1v) is 11.7. The molecule has 1 aliphatic heterocycles. The molecule has 2 N–H and O–H groups in total. The quantitative estimate of drug-likeness (QED) is 0.512. The van der Waals surface area contributed by atoms with Crippen molar-refractivity contribution in [3.63, 3.8) is 0 Å². The van der Waals surface area contributed by atoms with Crippen LogP contribution in [-0.4, -0.2) is 43.1 Å². The topological polar surface area (TPSA) is 102 Å². The molecule has 1 unspecified atom stereocenters. The summed E-state index contributed by atoms with van der Waals surface area (Å²) in [4.78, 5) is 4.57. The maximum absolute atomic E-state index is 14.9. The van der Waals surface area contributed by atoms with E-state index in [0.29, 0.717) is 5.02 Å². The summed E-state index contributed by atoms with van der Waals surface area (Å²) in [6, 6.07) is 7.68. The molecule has 1 aromatic heterocycles. The van der Waals surface area contributed by atoms with Crippen molar-refractivity contribution in [2.24, 2.45) is 5.73 Å². The van der Waals surface area contributed by atoms with E-state index >= 15 is 0 Å². The summed E-state index contributed by atoms with van der Waals surface area (Å²) in [6.45, 7) is 0.231. The van der Waals surface area contributed by atoms with Gasteiger partial charge in [-0.25, -0.2) is 17.2 Å². The Kier molecular flexibility index (Phi) is 6.29. The number of nitrogens with two attached hydrogens (primary N) is 1. The number of halogens is 6. The minimum atomic E-state index is -5.30. The van der Waals surface area contributed by atoms with E-state index in [0.717, 1.165) is 17.7 Å². The Labute approximate surface area is 195 Å². The maximum atomic E-state index is 14.9. The first kappa shape index (κ1) is 24.4. The molecule has 14 heteroatoms. The lowest BCUT2D eigenvalue weighted by molar-refractivity contribution is -0.189. The second kappa shape index (κ2) is 8.78. The summed E-state index contributed by atoms with van der Waals surface area (Å²) in [5, 5.41) is 3.74. The molecule has 2 heterocycles. The molecule has 0 amide bonds. The first-order valence-electron chi connectivity index (χ1n) is 9.71. The number of nitrogens with zero attached hydrogens (tertiary/aromatic N) is 3. The number of anilines is 1. The largest absolute Gasteiger partial charge is 0.428 e. The number of hydrogen-bond acceptors (Lipinski definition) is 7. The van der Waals surface area contributed by atoms with Crippen molar-refractivity contribution in [1.29, 1.82) is 0 Å². The minimum absolute atomic E-state index is 0.0401. The molecule has 0 saturated carbocycles. The third-order valence-electron chi connectivity index (χ3n) is 5.09. The fraction of sp³-hybridized carbons (Fsp3) is 0.300. The second-order valence-corrected chi connectivity index (χ2v) is 10.1. The highest BCUT2D eigenvalue weighted by Gasteiger charge is 2.45. The summed E-state index contributed by atoms with van der Waals surface area (Å²) in [5.74, 6) is -3.65. The highest BCUT2D eigenvalue weighted by molar-refractivity contribution is 7.91. The standard InChI is InChI=1S/C20H16ClF5N4O3S/c21-11-3-1-10(2-4-11)7-30-8-12(27)9-34(31,32)16-6-14(22)13(5-15(16)30)18-28-19(33-29-18)17(23)20(24,25)26/h1-6,12,17H,7-9,27H2/t12-,17?/m1/s1. The van der Waals surface area contributed by atoms with Crippen LogP contribution >= 0.6 is 11.6 Å². The van der Waals surface area contributed by atoms with Gasteiger partial charge in [0.2, 0.25) is 5.82 Å². The summed E-state index contributed by atoms with van der Waals surface area (Å²) in [5.41, 5.74) is 6.31. The Bertz CT molecular complexity index is 1310. The molecule has 34 heavy (non-hydrogen) atoms. The van der Waals surface area contributed by atoms with Crippen LogP contribution in [0, 0.1) is 5.82 Å². The minimum Gasteiger partial charge on any atom is -0.365 e. The Morgan fingerprint density at radius 3 is 2.56 bits per heavy atom. The van der Waals surface area contributed by atoms with Crippen LogP contribution in [-0.2, 0) is 16.4 Å². The normalized spacial score (nSPS) is 18.9. The van der Waals surface area contributed by atoms with E-state index < -0.39 is 57.1 Å². The predicted octanol–water partition coefficient (Wildman–Crippen LogP) is 4.22. The van der Waals surface area contributed by atoms with Crippen LogP contribution in [0.5, 0.6) is 0 Å². The summed E-state index contributed by atoms with van der Waals surface area (Å²) < 4.78 is 96.4. The van der Waals surface area contributed by atoms with Gasteiger partial charge in [-0.05, 0) is 29.8 Å². The number of alkyl halides is 4. The smallest absolute Gasteiger partial charge is 0.365 e. The molecule has 4 rings (SSSR count). The zero-order chi connectivity index (χ0) is 24.8. The first-order chi connectivity index (χ1) is 15.8. The Hall–Kier alpha value is -2.77. The van der Waals surface area contributed by atoms with E-state index in [1.807, 2.05) is 0 Å². The van der Waals surface area contributed by atoms with Gasteiger partial charge >= 0.3 is 6.18 Å². The molecule has 0 aliphatic carbocycles. The van der Waals surface area contributed by atoms with E-state index in [1.54, 1.807) is 29.2 Å². The average molecular weight is 523 g/mol.